The van der Waals surface area contributed by atoms with Crippen LogP contribution in [0.4, 0.5) is 5.69 Å². The van der Waals surface area contributed by atoms with Gasteiger partial charge in [-0.05, 0) is 59.7 Å². The number of anilines is 1. The van der Waals surface area contributed by atoms with Crippen LogP contribution in [-0.2, 0) is 19.1 Å². The Balaban J connectivity index is 3.27. The van der Waals surface area contributed by atoms with Crippen LogP contribution in [0.25, 0.3) is 0 Å². The van der Waals surface area contributed by atoms with E-state index in [1.807, 2.05) is 0 Å². The van der Waals surface area contributed by atoms with Crippen molar-refractivity contribution < 1.29 is 23.9 Å². The average molecular weight is 418 g/mol. The summed E-state index contributed by atoms with van der Waals surface area (Å²) in [5.41, 5.74) is 2.62. The van der Waals surface area contributed by atoms with Gasteiger partial charge in [-0.3, -0.25) is 4.79 Å². The third-order valence-corrected chi connectivity index (χ3v) is 3.93. The Kier molecular flexibility index (Phi) is 7.44. The Labute approximate surface area is 174 Å². The number of rotatable bonds is 2. The van der Waals surface area contributed by atoms with Crippen LogP contribution in [0, 0.1) is 11.5 Å². The van der Waals surface area contributed by atoms with Crippen molar-refractivity contribution in [2.45, 2.75) is 72.4 Å². The van der Waals surface area contributed by atoms with Crippen LogP contribution in [0.2, 0.25) is 19.6 Å². The Morgan fingerprint density at radius 2 is 1.48 bits per heavy atom. The molecule has 0 aliphatic rings. The molecule has 0 bridgehead atoms. The monoisotopic (exact) mass is 417 g/mol. The number of esters is 2. The number of hydrogen-bond acceptors (Lipinski definition) is 5. The van der Waals surface area contributed by atoms with Gasteiger partial charge in [0.2, 0.25) is 0 Å². The summed E-state index contributed by atoms with van der Waals surface area (Å²) in [4.78, 5) is 36.9. The van der Waals surface area contributed by atoms with Crippen molar-refractivity contribution in [3.63, 3.8) is 0 Å². The van der Waals surface area contributed by atoms with Gasteiger partial charge in [-0.25, -0.2) is 9.59 Å². The molecule has 0 aromatic heterocycles. The Morgan fingerprint density at radius 1 is 0.931 bits per heavy atom. The van der Waals surface area contributed by atoms with E-state index in [0.717, 1.165) is 0 Å². The predicted molar refractivity (Wildman–Crippen MR) is 116 cm³/mol. The third kappa shape index (κ3) is 9.44. The fourth-order valence-corrected chi connectivity index (χ4v) is 2.51. The van der Waals surface area contributed by atoms with Crippen molar-refractivity contribution >= 4 is 31.6 Å². The highest BCUT2D eigenvalue weighted by molar-refractivity contribution is 6.83. The summed E-state index contributed by atoms with van der Waals surface area (Å²) in [6, 6.07) is 4.79. The van der Waals surface area contributed by atoms with Crippen molar-refractivity contribution in [3.05, 3.63) is 29.3 Å². The van der Waals surface area contributed by atoms with E-state index in [-0.39, 0.29) is 11.3 Å². The maximum absolute atomic E-state index is 12.7. The van der Waals surface area contributed by atoms with Crippen LogP contribution in [0.5, 0.6) is 0 Å². The summed E-state index contributed by atoms with van der Waals surface area (Å²) in [7, 11) is -1.61. The minimum Gasteiger partial charge on any atom is -0.456 e. The number of benzene rings is 1. The summed E-state index contributed by atoms with van der Waals surface area (Å²) >= 11 is 0. The van der Waals surface area contributed by atoms with Gasteiger partial charge in [0.25, 0.3) is 0 Å². The molecule has 1 amide bonds. The summed E-state index contributed by atoms with van der Waals surface area (Å²) in [5.74, 6) is 0.461. The number of carbonyl (C=O) groups is 3. The van der Waals surface area contributed by atoms with E-state index < -0.39 is 37.1 Å². The van der Waals surface area contributed by atoms with Gasteiger partial charge in [0.1, 0.15) is 19.3 Å². The fraction of sp³-hybridized carbons (Fsp3) is 0.500. The normalized spacial score (nSPS) is 11.8. The van der Waals surface area contributed by atoms with Crippen molar-refractivity contribution in [2.75, 3.05) is 5.32 Å². The zero-order valence-corrected chi connectivity index (χ0v) is 19.8. The Bertz CT molecular complexity index is 858. The lowest BCUT2D eigenvalue weighted by molar-refractivity contribution is -0.161. The van der Waals surface area contributed by atoms with Crippen LogP contribution in [0.15, 0.2) is 18.2 Å². The Morgan fingerprint density at radius 3 is 1.97 bits per heavy atom. The molecule has 29 heavy (non-hydrogen) atoms. The molecule has 1 rings (SSSR count). The second kappa shape index (κ2) is 8.83. The third-order valence-electron chi connectivity index (χ3n) is 3.05. The molecule has 0 spiro atoms. The zero-order valence-electron chi connectivity index (χ0n) is 18.8. The van der Waals surface area contributed by atoms with E-state index in [2.05, 4.69) is 36.4 Å². The van der Waals surface area contributed by atoms with Crippen LogP contribution >= 0.6 is 0 Å². The van der Waals surface area contributed by atoms with E-state index in [1.165, 1.54) is 6.07 Å². The molecule has 158 valence electrons. The average Bonchev–Trinajstić information content (AvgIpc) is 2.49. The largest absolute Gasteiger partial charge is 0.456 e. The highest BCUT2D eigenvalue weighted by Gasteiger charge is 2.26. The minimum atomic E-state index is -1.61. The first-order valence-electron chi connectivity index (χ1n) is 9.42. The van der Waals surface area contributed by atoms with Crippen molar-refractivity contribution in [3.8, 4) is 11.5 Å². The molecule has 0 atom stereocenters. The highest BCUT2D eigenvalue weighted by atomic mass is 28.3. The first-order chi connectivity index (χ1) is 13.0. The summed E-state index contributed by atoms with van der Waals surface area (Å²) in [6.45, 7) is 16.6. The maximum Gasteiger partial charge on any atom is 0.397 e. The number of ether oxygens (including phenoxy) is 2. The maximum atomic E-state index is 12.7. The molecule has 0 aliphatic heterocycles. The van der Waals surface area contributed by atoms with Gasteiger partial charge >= 0.3 is 17.8 Å². The van der Waals surface area contributed by atoms with E-state index in [0.29, 0.717) is 5.56 Å². The molecule has 6 nitrogen and oxygen atoms in total. The van der Waals surface area contributed by atoms with Crippen LogP contribution < -0.4 is 5.32 Å². The molecule has 1 aromatic rings. The molecule has 7 heteroatoms. The van der Waals surface area contributed by atoms with E-state index in [1.54, 1.807) is 53.7 Å². The molecule has 0 unspecified atom stereocenters. The summed E-state index contributed by atoms with van der Waals surface area (Å²) in [6.07, 6.45) is 0. The molecular weight excluding hydrogens is 386 g/mol. The van der Waals surface area contributed by atoms with Crippen molar-refractivity contribution in [1.82, 2.24) is 0 Å². The number of amides is 1. The van der Waals surface area contributed by atoms with Crippen LogP contribution in [0.1, 0.15) is 57.5 Å². The second-order valence-electron chi connectivity index (χ2n) is 9.72. The quantitative estimate of drug-likeness (QED) is 0.338. The predicted octanol–water partition coefficient (Wildman–Crippen LogP) is 4.15. The second-order valence-corrected chi connectivity index (χ2v) is 14.5. The molecule has 0 radical (unpaired) electrons. The number of nitrogens with one attached hydrogen (secondary N) is 1. The van der Waals surface area contributed by atoms with E-state index in [9.17, 15) is 14.4 Å². The first kappa shape index (κ1) is 24.4. The van der Waals surface area contributed by atoms with Crippen LogP contribution in [-0.4, -0.2) is 37.1 Å². The van der Waals surface area contributed by atoms with Crippen LogP contribution in [0.3, 0.4) is 0 Å². The molecule has 0 saturated carbocycles. The molecule has 0 fully saturated rings. The highest BCUT2D eigenvalue weighted by Crippen LogP contribution is 2.22. The van der Waals surface area contributed by atoms with Gasteiger partial charge in [0.05, 0.1) is 11.3 Å². The Hall–Kier alpha value is -2.59. The van der Waals surface area contributed by atoms with Gasteiger partial charge in [-0.15, -0.1) is 5.54 Å². The summed E-state index contributed by atoms with van der Waals surface area (Å²) in [5, 5.41) is 2.45. The van der Waals surface area contributed by atoms with Gasteiger partial charge in [-0.1, -0.05) is 25.6 Å². The molecular formula is C22H31NO5Si. The zero-order chi connectivity index (χ0) is 22.6. The van der Waals surface area contributed by atoms with Gasteiger partial charge in [0, 0.05) is 5.56 Å². The van der Waals surface area contributed by atoms with E-state index in [4.69, 9.17) is 9.47 Å². The van der Waals surface area contributed by atoms with Crippen molar-refractivity contribution in [2.24, 2.45) is 0 Å². The van der Waals surface area contributed by atoms with Crippen molar-refractivity contribution in [1.29, 1.82) is 0 Å². The van der Waals surface area contributed by atoms with Gasteiger partial charge < -0.3 is 14.8 Å². The van der Waals surface area contributed by atoms with E-state index >= 15 is 0 Å². The molecule has 1 aromatic carbocycles. The topological polar surface area (TPSA) is 81.7 Å². The SMILES string of the molecule is CC(C)(C)OC(=O)C(=O)Nc1ccc(C#C[Si](C)(C)C)cc1C(=O)OC(C)(C)C. The summed E-state index contributed by atoms with van der Waals surface area (Å²) < 4.78 is 10.5. The van der Waals surface area contributed by atoms with Gasteiger partial charge in [0.15, 0.2) is 0 Å². The molecule has 0 heterocycles. The smallest absolute Gasteiger partial charge is 0.397 e. The van der Waals surface area contributed by atoms with Gasteiger partial charge in [-0.2, -0.15) is 0 Å². The fourth-order valence-electron chi connectivity index (χ4n) is 1.99. The molecule has 0 aliphatic carbocycles. The number of carbonyl (C=O) groups excluding carboxylic acids is 3. The molecule has 0 saturated heterocycles. The molecule has 1 N–H and O–H groups in total. The lowest BCUT2D eigenvalue weighted by Crippen LogP contribution is -2.33. The standard InChI is InChI=1S/C22H31NO5Si/c1-21(2,3)27-19(25)16-14-15(12-13-29(7,8)9)10-11-17(16)23-18(24)20(26)28-22(4,5)6/h10-11,14H,1-9H3,(H,23,24). The minimum absolute atomic E-state index is 0.124. The lowest BCUT2D eigenvalue weighted by Gasteiger charge is -2.21. The number of hydrogen-bond donors (Lipinski definition) is 1. The first-order valence-corrected chi connectivity index (χ1v) is 12.9. The lowest BCUT2D eigenvalue weighted by atomic mass is 10.1.